The first-order valence-corrected chi connectivity index (χ1v) is 5.22. The van der Waals surface area contributed by atoms with Gasteiger partial charge in [-0.25, -0.2) is 0 Å². The fourth-order valence-corrected chi connectivity index (χ4v) is 1.78. The molecule has 1 nitrogen and oxygen atoms in total. The van der Waals surface area contributed by atoms with E-state index in [9.17, 15) is 0 Å². The van der Waals surface area contributed by atoms with Crippen molar-refractivity contribution < 1.29 is 4.74 Å². The molecule has 1 fully saturated rings. The summed E-state index contributed by atoms with van der Waals surface area (Å²) in [6, 6.07) is 0. The number of ether oxygens (including phenoxy) is 1. The summed E-state index contributed by atoms with van der Waals surface area (Å²) < 4.78 is 5.90. The zero-order valence-electron chi connectivity index (χ0n) is 8.25. The summed E-state index contributed by atoms with van der Waals surface area (Å²) in [5, 5.41) is 0. The summed E-state index contributed by atoms with van der Waals surface area (Å²) in [6.07, 6.45) is 13.4. The topological polar surface area (TPSA) is 9.23 Å². The summed E-state index contributed by atoms with van der Waals surface area (Å²) in [6.45, 7) is 3.06. The molecule has 0 unspecified atom stereocenters. The highest BCUT2D eigenvalue weighted by Crippen LogP contribution is 2.47. The molecule has 0 aliphatic heterocycles. The van der Waals surface area contributed by atoms with Crippen molar-refractivity contribution in [1.29, 1.82) is 0 Å². The zero-order chi connectivity index (χ0) is 9.15. The van der Waals surface area contributed by atoms with Crippen molar-refractivity contribution in [2.45, 2.75) is 38.2 Å². The third-order valence-corrected chi connectivity index (χ3v) is 2.70. The predicted molar refractivity (Wildman–Crippen MR) is 54.3 cm³/mol. The molecule has 0 bridgehead atoms. The van der Waals surface area contributed by atoms with Crippen molar-refractivity contribution in [2.24, 2.45) is 0 Å². The van der Waals surface area contributed by atoms with Gasteiger partial charge in [-0.15, -0.1) is 0 Å². The van der Waals surface area contributed by atoms with Crippen molar-refractivity contribution in [1.82, 2.24) is 0 Å². The Bertz CT molecular complexity index is 234. The molecule has 2 aliphatic carbocycles. The fraction of sp³-hybridized carbons (Fsp3) is 0.583. The van der Waals surface area contributed by atoms with E-state index in [1.54, 1.807) is 0 Å². The minimum atomic E-state index is 0.126. The minimum absolute atomic E-state index is 0.126. The van der Waals surface area contributed by atoms with E-state index in [1.165, 1.54) is 18.4 Å². The molecular formula is C12H17O. The van der Waals surface area contributed by atoms with Crippen molar-refractivity contribution in [3.05, 3.63) is 30.2 Å². The second-order valence-corrected chi connectivity index (χ2v) is 3.83. The molecule has 0 aromatic heterocycles. The SMILES string of the molecule is CCCOC1(C2=CC[CH]C=C2)CC1. The Kier molecular flexibility index (Phi) is 2.54. The largest absolute Gasteiger partial charge is 0.370 e. The van der Waals surface area contributed by atoms with Gasteiger partial charge in [-0.05, 0) is 37.7 Å². The standard InChI is InChI=1S/C12H17O/c1-2-10-13-12(8-9-12)11-6-4-3-5-7-11/h3-4,6-7H,2,5,8-10H2,1H3. The van der Waals surface area contributed by atoms with Gasteiger partial charge in [-0.1, -0.05) is 25.2 Å². The number of allylic oxidation sites excluding steroid dienone is 2. The predicted octanol–water partition coefficient (Wildman–Crippen LogP) is 3.04. The maximum Gasteiger partial charge on any atom is 0.0930 e. The third kappa shape index (κ3) is 1.86. The van der Waals surface area contributed by atoms with Gasteiger partial charge in [0.25, 0.3) is 0 Å². The van der Waals surface area contributed by atoms with Gasteiger partial charge in [0.1, 0.15) is 0 Å². The molecule has 0 aromatic rings. The van der Waals surface area contributed by atoms with Crippen LogP contribution in [-0.4, -0.2) is 12.2 Å². The molecule has 0 aromatic carbocycles. The second kappa shape index (κ2) is 3.67. The van der Waals surface area contributed by atoms with Crippen LogP contribution < -0.4 is 0 Å². The monoisotopic (exact) mass is 177 g/mol. The van der Waals surface area contributed by atoms with Crippen LogP contribution in [0.25, 0.3) is 0 Å². The van der Waals surface area contributed by atoms with Crippen LogP contribution in [0.15, 0.2) is 23.8 Å². The maximum absolute atomic E-state index is 5.90. The molecule has 13 heavy (non-hydrogen) atoms. The fourth-order valence-electron chi connectivity index (χ4n) is 1.78. The lowest BCUT2D eigenvalue weighted by atomic mass is 10.0. The Labute approximate surface area is 80.5 Å². The molecule has 0 spiro atoms. The Hall–Kier alpha value is -0.560. The maximum atomic E-state index is 5.90. The molecule has 0 heterocycles. The summed E-state index contributed by atoms with van der Waals surface area (Å²) in [7, 11) is 0. The molecule has 1 heteroatoms. The number of hydrogen-bond acceptors (Lipinski definition) is 1. The lowest BCUT2D eigenvalue weighted by molar-refractivity contribution is 0.0613. The second-order valence-electron chi connectivity index (χ2n) is 3.83. The van der Waals surface area contributed by atoms with Gasteiger partial charge in [-0.3, -0.25) is 0 Å². The molecule has 0 atom stereocenters. The van der Waals surface area contributed by atoms with Crippen LogP contribution in [0.5, 0.6) is 0 Å². The van der Waals surface area contributed by atoms with Gasteiger partial charge >= 0.3 is 0 Å². The van der Waals surface area contributed by atoms with Crippen LogP contribution in [0.1, 0.15) is 32.6 Å². The Balaban J connectivity index is 1.98. The van der Waals surface area contributed by atoms with Crippen LogP contribution in [0.4, 0.5) is 0 Å². The lowest BCUT2D eigenvalue weighted by Gasteiger charge is -2.19. The van der Waals surface area contributed by atoms with Crippen LogP contribution in [0.2, 0.25) is 0 Å². The van der Waals surface area contributed by atoms with E-state index in [2.05, 4.69) is 31.6 Å². The van der Waals surface area contributed by atoms with E-state index in [0.717, 1.165) is 19.4 Å². The van der Waals surface area contributed by atoms with Crippen molar-refractivity contribution in [2.75, 3.05) is 6.61 Å². The smallest absolute Gasteiger partial charge is 0.0930 e. The van der Waals surface area contributed by atoms with E-state index in [0.29, 0.717) is 0 Å². The normalized spacial score (nSPS) is 24.2. The van der Waals surface area contributed by atoms with Crippen LogP contribution >= 0.6 is 0 Å². The van der Waals surface area contributed by atoms with Gasteiger partial charge < -0.3 is 4.74 Å². The lowest BCUT2D eigenvalue weighted by Crippen LogP contribution is -2.17. The van der Waals surface area contributed by atoms with E-state index in [4.69, 9.17) is 4.74 Å². The highest BCUT2D eigenvalue weighted by molar-refractivity contribution is 5.38. The van der Waals surface area contributed by atoms with E-state index in [1.807, 2.05) is 0 Å². The molecule has 71 valence electrons. The molecule has 0 saturated heterocycles. The molecule has 0 amide bonds. The van der Waals surface area contributed by atoms with Crippen molar-refractivity contribution in [3.63, 3.8) is 0 Å². The van der Waals surface area contributed by atoms with Gasteiger partial charge in [0.05, 0.1) is 5.60 Å². The van der Waals surface area contributed by atoms with Crippen molar-refractivity contribution in [3.8, 4) is 0 Å². The molecule has 2 rings (SSSR count). The van der Waals surface area contributed by atoms with E-state index < -0.39 is 0 Å². The molecular weight excluding hydrogens is 160 g/mol. The van der Waals surface area contributed by atoms with Crippen LogP contribution in [-0.2, 0) is 4.74 Å². The molecule has 0 N–H and O–H groups in total. The average molecular weight is 177 g/mol. The first-order chi connectivity index (χ1) is 6.37. The number of rotatable bonds is 4. The summed E-state index contributed by atoms with van der Waals surface area (Å²) in [5.41, 5.74) is 1.53. The zero-order valence-corrected chi connectivity index (χ0v) is 8.25. The van der Waals surface area contributed by atoms with Crippen molar-refractivity contribution >= 4 is 0 Å². The molecule has 1 saturated carbocycles. The summed E-state index contributed by atoms with van der Waals surface area (Å²) >= 11 is 0. The highest BCUT2D eigenvalue weighted by Gasteiger charge is 2.46. The minimum Gasteiger partial charge on any atom is -0.370 e. The van der Waals surface area contributed by atoms with E-state index in [-0.39, 0.29) is 5.60 Å². The van der Waals surface area contributed by atoms with Gasteiger partial charge in [0, 0.05) is 6.61 Å². The quantitative estimate of drug-likeness (QED) is 0.641. The summed E-state index contributed by atoms with van der Waals surface area (Å²) in [4.78, 5) is 0. The highest BCUT2D eigenvalue weighted by atomic mass is 16.5. The Morgan fingerprint density at radius 1 is 1.46 bits per heavy atom. The first kappa shape index (κ1) is 9.01. The van der Waals surface area contributed by atoms with E-state index >= 15 is 0 Å². The first-order valence-electron chi connectivity index (χ1n) is 5.22. The van der Waals surface area contributed by atoms with Crippen LogP contribution in [0, 0.1) is 6.42 Å². The molecule has 2 aliphatic rings. The summed E-state index contributed by atoms with van der Waals surface area (Å²) in [5.74, 6) is 0. The van der Waals surface area contributed by atoms with Gasteiger partial charge in [0.2, 0.25) is 0 Å². The van der Waals surface area contributed by atoms with Crippen LogP contribution in [0.3, 0.4) is 0 Å². The number of hydrogen-bond donors (Lipinski definition) is 0. The Morgan fingerprint density at radius 2 is 2.31 bits per heavy atom. The van der Waals surface area contributed by atoms with Gasteiger partial charge in [-0.2, -0.15) is 0 Å². The van der Waals surface area contributed by atoms with Gasteiger partial charge in [0.15, 0.2) is 0 Å². The Morgan fingerprint density at radius 3 is 2.85 bits per heavy atom. The third-order valence-electron chi connectivity index (χ3n) is 2.70. The average Bonchev–Trinajstić information content (AvgIpc) is 2.97. The molecule has 1 radical (unpaired) electrons.